The highest BCUT2D eigenvalue weighted by Gasteiger charge is 2.30. The number of alkyl halides is 3. The highest BCUT2D eigenvalue weighted by molar-refractivity contribution is 14.1. The van der Waals surface area contributed by atoms with Crippen molar-refractivity contribution in [3.8, 4) is 0 Å². The first-order chi connectivity index (χ1) is 11.9. The van der Waals surface area contributed by atoms with Gasteiger partial charge in [-0.15, -0.1) is 0 Å². The number of benzene rings is 3. The Hall–Kier alpha value is -2.22. The van der Waals surface area contributed by atoms with Gasteiger partial charge in [0.2, 0.25) is 0 Å². The highest BCUT2D eigenvalue weighted by Crippen LogP contribution is 2.40. The van der Waals surface area contributed by atoms with Crippen LogP contribution in [0.2, 0.25) is 0 Å². The van der Waals surface area contributed by atoms with Crippen LogP contribution < -0.4 is 3.11 Å². The number of furan rings is 1. The summed E-state index contributed by atoms with van der Waals surface area (Å²) in [7, 11) is 0. The van der Waals surface area contributed by atoms with Crippen LogP contribution in [0.3, 0.4) is 0 Å². The van der Waals surface area contributed by atoms with Crippen molar-refractivity contribution in [3.05, 3.63) is 72.3 Å². The molecule has 3 aromatic carbocycles. The minimum atomic E-state index is -4.34. The molecule has 1 heterocycles. The lowest BCUT2D eigenvalue weighted by molar-refractivity contribution is -0.137. The SMILES string of the molecule is FC(F)(F)c1ccc(N(I)c2cccc3c2oc2ccccc23)cc1. The standard InChI is InChI=1S/C19H11F3INO/c20-19(21,22)12-8-10-13(11-9-12)24(23)16-6-3-5-15-14-4-1-2-7-17(14)25-18(15)16/h1-11H. The summed E-state index contributed by atoms with van der Waals surface area (Å²) in [5.41, 5.74) is 2.25. The predicted octanol–water partition coefficient (Wildman–Crippen LogP) is 7.09. The van der Waals surface area contributed by atoms with E-state index in [0.29, 0.717) is 11.3 Å². The lowest BCUT2D eigenvalue weighted by Gasteiger charge is -2.17. The van der Waals surface area contributed by atoms with Crippen LogP contribution in [0.15, 0.2) is 71.1 Å². The summed E-state index contributed by atoms with van der Waals surface area (Å²) in [5, 5.41) is 1.98. The summed E-state index contributed by atoms with van der Waals surface area (Å²) in [5.74, 6) is 0. The predicted molar refractivity (Wildman–Crippen MR) is 101 cm³/mol. The molecule has 0 unspecified atom stereocenters. The van der Waals surface area contributed by atoms with Gasteiger partial charge in [0.25, 0.3) is 0 Å². The van der Waals surface area contributed by atoms with Crippen molar-refractivity contribution >= 4 is 56.2 Å². The van der Waals surface area contributed by atoms with Gasteiger partial charge in [-0.05, 0) is 36.4 Å². The Morgan fingerprint density at radius 3 is 2.20 bits per heavy atom. The molecule has 0 bridgehead atoms. The van der Waals surface area contributed by atoms with Crippen molar-refractivity contribution in [2.45, 2.75) is 6.18 Å². The van der Waals surface area contributed by atoms with Gasteiger partial charge >= 0.3 is 6.18 Å². The molecule has 0 atom stereocenters. The summed E-state index contributed by atoms with van der Waals surface area (Å²) < 4.78 is 46.0. The Morgan fingerprint density at radius 2 is 1.48 bits per heavy atom. The Kier molecular flexibility index (Phi) is 3.87. The van der Waals surface area contributed by atoms with E-state index in [1.165, 1.54) is 12.1 Å². The van der Waals surface area contributed by atoms with Crippen LogP contribution in [0.5, 0.6) is 0 Å². The van der Waals surface area contributed by atoms with Crippen LogP contribution in [0.4, 0.5) is 24.5 Å². The fourth-order valence-corrected chi connectivity index (χ4v) is 3.51. The lowest BCUT2D eigenvalue weighted by atomic mass is 10.1. The average Bonchev–Trinajstić information content (AvgIpc) is 2.99. The molecule has 126 valence electrons. The van der Waals surface area contributed by atoms with Crippen molar-refractivity contribution in [1.82, 2.24) is 0 Å². The van der Waals surface area contributed by atoms with Crippen LogP contribution in [-0.2, 0) is 6.18 Å². The molecule has 1 aromatic heterocycles. The molecular formula is C19H11F3INO. The number of hydrogen-bond acceptors (Lipinski definition) is 2. The third kappa shape index (κ3) is 2.84. The summed E-state index contributed by atoms with van der Waals surface area (Å²) >= 11 is 2.07. The lowest BCUT2D eigenvalue weighted by Crippen LogP contribution is -2.06. The van der Waals surface area contributed by atoms with Gasteiger partial charge in [0.05, 0.1) is 39.8 Å². The van der Waals surface area contributed by atoms with Gasteiger partial charge in [-0.3, -0.25) is 3.11 Å². The van der Waals surface area contributed by atoms with Gasteiger partial charge in [-0.25, -0.2) is 0 Å². The van der Waals surface area contributed by atoms with Gasteiger partial charge in [0.15, 0.2) is 5.58 Å². The average molecular weight is 453 g/mol. The Morgan fingerprint density at radius 1 is 0.800 bits per heavy atom. The first kappa shape index (κ1) is 16.3. The molecule has 0 spiro atoms. The number of fused-ring (bicyclic) bond motifs is 3. The minimum absolute atomic E-state index is 0.640. The van der Waals surface area contributed by atoms with E-state index in [0.717, 1.165) is 34.2 Å². The quantitative estimate of drug-likeness (QED) is 0.238. The third-order valence-electron chi connectivity index (χ3n) is 4.02. The molecule has 0 amide bonds. The fourth-order valence-electron chi connectivity index (χ4n) is 2.81. The van der Waals surface area contributed by atoms with Gasteiger partial charge in [-0.1, -0.05) is 30.3 Å². The Labute approximate surface area is 155 Å². The molecule has 25 heavy (non-hydrogen) atoms. The second-order valence-corrected chi connectivity index (χ2v) is 6.54. The van der Waals surface area contributed by atoms with Gasteiger partial charge in [0.1, 0.15) is 5.58 Å². The Balaban J connectivity index is 1.81. The van der Waals surface area contributed by atoms with Crippen molar-refractivity contribution < 1.29 is 17.6 Å². The first-order valence-corrected chi connectivity index (χ1v) is 8.45. The van der Waals surface area contributed by atoms with Gasteiger partial charge in [0, 0.05) is 10.8 Å². The van der Waals surface area contributed by atoms with Gasteiger partial charge in [-0.2, -0.15) is 13.2 Å². The molecular weight excluding hydrogens is 442 g/mol. The molecule has 0 fully saturated rings. The third-order valence-corrected chi connectivity index (χ3v) is 5.09. The number of nitrogens with zero attached hydrogens (tertiary/aromatic N) is 1. The van der Waals surface area contributed by atoms with Crippen LogP contribution in [0.1, 0.15) is 5.56 Å². The second kappa shape index (κ2) is 5.94. The molecule has 0 saturated heterocycles. The summed E-state index contributed by atoms with van der Waals surface area (Å²) in [6.07, 6.45) is -4.34. The number of anilines is 2. The first-order valence-electron chi connectivity index (χ1n) is 7.48. The number of halogens is 4. The van der Waals surface area contributed by atoms with Gasteiger partial charge < -0.3 is 4.42 Å². The van der Waals surface area contributed by atoms with E-state index in [1.54, 1.807) is 3.11 Å². The normalized spacial score (nSPS) is 12.0. The molecule has 4 rings (SSSR count). The van der Waals surface area contributed by atoms with Crippen LogP contribution in [0.25, 0.3) is 21.9 Å². The maximum Gasteiger partial charge on any atom is 0.416 e. The maximum atomic E-state index is 12.7. The summed E-state index contributed by atoms with van der Waals surface area (Å²) in [4.78, 5) is 0. The number of rotatable bonds is 2. The van der Waals surface area contributed by atoms with Crippen molar-refractivity contribution in [2.24, 2.45) is 0 Å². The van der Waals surface area contributed by atoms with Crippen molar-refractivity contribution in [3.63, 3.8) is 0 Å². The van der Waals surface area contributed by atoms with Crippen LogP contribution in [-0.4, -0.2) is 0 Å². The summed E-state index contributed by atoms with van der Waals surface area (Å²) in [6, 6.07) is 18.6. The Bertz CT molecular complexity index is 1050. The number of para-hydroxylation sites is 2. The van der Waals surface area contributed by atoms with Crippen LogP contribution >= 0.6 is 22.9 Å². The molecule has 0 saturated carbocycles. The van der Waals surface area contributed by atoms with E-state index < -0.39 is 11.7 Å². The van der Waals surface area contributed by atoms with Crippen molar-refractivity contribution in [2.75, 3.05) is 3.11 Å². The molecule has 0 aliphatic rings. The molecule has 4 aromatic rings. The van der Waals surface area contributed by atoms with E-state index in [-0.39, 0.29) is 0 Å². The van der Waals surface area contributed by atoms with E-state index in [1.807, 2.05) is 42.5 Å². The molecule has 2 nitrogen and oxygen atoms in total. The molecule has 6 heteroatoms. The monoisotopic (exact) mass is 453 g/mol. The number of hydrogen-bond donors (Lipinski definition) is 0. The minimum Gasteiger partial charge on any atom is -0.454 e. The maximum absolute atomic E-state index is 12.7. The zero-order valence-electron chi connectivity index (χ0n) is 12.7. The fraction of sp³-hybridized carbons (Fsp3) is 0.0526. The van der Waals surface area contributed by atoms with Crippen molar-refractivity contribution in [1.29, 1.82) is 0 Å². The second-order valence-electron chi connectivity index (χ2n) is 5.58. The highest BCUT2D eigenvalue weighted by atomic mass is 127. The molecule has 0 N–H and O–H groups in total. The smallest absolute Gasteiger partial charge is 0.416 e. The molecule has 0 radical (unpaired) electrons. The van der Waals surface area contributed by atoms with E-state index >= 15 is 0 Å². The van der Waals surface area contributed by atoms with E-state index in [2.05, 4.69) is 22.9 Å². The zero-order valence-corrected chi connectivity index (χ0v) is 14.9. The zero-order chi connectivity index (χ0) is 17.6. The van der Waals surface area contributed by atoms with E-state index in [9.17, 15) is 13.2 Å². The largest absolute Gasteiger partial charge is 0.454 e. The molecule has 0 aliphatic carbocycles. The van der Waals surface area contributed by atoms with E-state index in [4.69, 9.17) is 4.42 Å². The topological polar surface area (TPSA) is 16.4 Å². The summed E-state index contributed by atoms with van der Waals surface area (Å²) in [6.45, 7) is 0. The van der Waals surface area contributed by atoms with Crippen LogP contribution in [0, 0.1) is 0 Å². The molecule has 0 aliphatic heterocycles.